The lowest BCUT2D eigenvalue weighted by molar-refractivity contribution is -0.433. The van der Waals surface area contributed by atoms with Crippen LogP contribution in [0.3, 0.4) is 0 Å². The standard InChI is InChI=1S/C65H84N8O14P2/c1-8-72-53-31-29-48(88(79,80)86-42-61(77)83-6)38-50(53)64(3,4)56(72)20-14-12-15-21-57-65(5,51-39-49(30-32-54(51)73(57)9-2)89(81,82)87-43-62(78)84-7)33-19-13-18-23-59(75)68-35-34-67-58(74)22-16-10-11-17-24-60(76)69-40-45-25-27-46(28-26-45)41-85-55-37-47(66)36-52-63(55)71-44-70-52/h12,14-15,20-21,25-32,36-39,44H,8-11,13,16-19,22-24,33-35,40-43,66H2,1-7H3,(H5-,67,68,69,70,71,74,75,76,79,80,81,82)/p+1. The van der Waals surface area contributed by atoms with Gasteiger partial charge in [0, 0.05) is 91.7 Å². The third kappa shape index (κ3) is 18.0. The minimum Gasteiger partial charge on any atom is -0.486 e. The number of unbranched alkanes of at least 4 members (excludes halogenated alkanes) is 5. The fourth-order valence-electron chi connectivity index (χ4n) is 11.2. The number of anilines is 2. The van der Waals surface area contributed by atoms with E-state index in [-0.39, 0.29) is 28.3 Å². The van der Waals surface area contributed by atoms with Gasteiger partial charge in [0.25, 0.3) is 0 Å². The predicted molar refractivity (Wildman–Crippen MR) is 343 cm³/mol. The van der Waals surface area contributed by atoms with Gasteiger partial charge >= 0.3 is 27.1 Å². The quantitative estimate of drug-likeness (QED) is 0.00505. The van der Waals surface area contributed by atoms with Gasteiger partial charge in [-0.05, 0) is 119 Å². The second kappa shape index (κ2) is 31.6. The third-order valence-corrected chi connectivity index (χ3v) is 18.9. The summed E-state index contributed by atoms with van der Waals surface area (Å²) >= 11 is 0. The Labute approximate surface area is 520 Å². The summed E-state index contributed by atoms with van der Waals surface area (Å²) in [5, 5.41) is 8.87. The van der Waals surface area contributed by atoms with Crippen molar-refractivity contribution in [1.29, 1.82) is 0 Å². The highest BCUT2D eigenvalue weighted by Crippen LogP contribution is 2.53. The lowest BCUT2D eigenvalue weighted by atomic mass is 9.77. The van der Waals surface area contributed by atoms with Gasteiger partial charge in [-0.25, -0.2) is 14.6 Å². The Bertz CT molecular complexity index is 3580. The molecule has 3 unspecified atom stereocenters. The van der Waals surface area contributed by atoms with E-state index in [4.69, 9.17) is 19.5 Å². The number of carbonyl (C=O) groups excluding carboxylic acids is 5. The number of amides is 3. The molecule has 8 N–H and O–H groups in total. The maximum atomic E-state index is 13.6. The summed E-state index contributed by atoms with van der Waals surface area (Å²) in [6, 6.07) is 21.4. The number of imidazole rings is 1. The average Bonchev–Trinajstić information content (AvgIpc) is 1.61. The zero-order valence-corrected chi connectivity index (χ0v) is 53.7. The van der Waals surface area contributed by atoms with E-state index in [2.05, 4.69) is 51.8 Å². The van der Waals surface area contributed by atoms with Crippen LogP contribution in [0, 0.1) is 0 Å². The number of hydrogen-bond donors (Lipinski definition) is 7. The van der Waals surface area contributed by atoms with E-state index < -0.39 is 51.2 Å². The third-order valence-electron chi connectivity index (χ3n) is 16.1. The number of aromatic amines is 1. The molecular formula is C65H85N8O14P2+. The Morgan fingerprint density at radius 2 is 1.28 bits per heavy atom. The number of methoxy groups -OCH3 is 2. The first-order valence-corrected chi connectivity index (χ1v) is 33.3. The van der Waals surface area contributed by atoms with Crippen LogP contribution in [0.15, 0.2) is 115 Å². The molecule has 0 saturated carbocycles. The van der Waals surface area contributed by atoms with Crippen molar-refractivity contribution in [2.45, 2.75) is 129 Å². The van der Waals surface area contributed by atoms with E-state index in [9.17, 15) is 42.9 Å². The van der Waals surface area contributed by atoms with Crippen molar-refractivity contribution in [3.63, 3.8) is 0 Å². The smallest absolute Gasteiger partial charge is 0.359 e. The molecule has 0 bridgehead atoms. The second-order valence-corrected chi connectivity index (χ2v) is 26.3. The number of nitrogens with two attached hydrogens (primary N) is 1. The van der Waals surface area contributed by atoms with Crippen LogP contribution in [0.1, 0.15) is 128 Å². The van der Waals surface area contributed by atoms with Crippen molar-refractivity contribution in [3.05, 3.63) is 137 Å². The summed E-state index contributed by atoms with van der Waals surface area (Å²) in [5.41, 5.74) is 14.1. The van der Waals surface area contributed by atoms with Crippen molar-refractivity contribution in [2.24, 2.45) is 0 Å². The van der Waals surface area contributed by atoms with Crippen molar-refractivity contribution < 1.29 is 70.7 Å². The lowest BCUT2D eigenvalue weighted by Gasteiger charge is -2.30. The number of rotatable bonds is 34. The molecule has 89 heavy (non-hydrogen) atoms. The summed E-state index contributed by atoms with van der Waals surface area (Å²) in [6.45, 7) is 11.4. The minimum atomic E-state index is -4.45. The lowest BCUT2D eigenvalue weighted by Crippen LogP contribution is -2.34. The van der Waals surface area contributed by atoms with E-state index >= 15 is 0 Å². The van der Waals surface area contributed by atoms with E-state index in [1.165, 1.54) is 20.3 Å². The zero-order valence-electron chi connectivity index (χ0n) is 51.9. The van der Waals surface area contributed by atoms with Gasteiger partial charge in [0.1, 0.15) is 24.4 Å². The number of nitrogens with zero attached hydrogens (tertiary/aromatic N) is 3. The van der Waals surface area contributed by atoms with Crippen LogP contribution < -0.4 is 41.9 Å². The molecule has 3 atom stereocenters. The Hall–Kier alpha value is -7.71. The van der Waals surface area contributed by atoms with Gasteiger partial charge in [-0.15, -0.1) is 0 Å². The summed E-state index contributed by atoms with van der Waals surface area (Å²) in [7, 11) is -6.45. The van der Waals surface area contributed by atoms with Crippen molar-refractivity contribution in [2.75, 3.05) is 64.2 Å². The second-order valence-electron chi connectivity index (χ2n) is 22.6. The van der Waals surface area contributed by atoms with Crippen molar-refractivity contribution in [3.8, 4) is 5.75 Å². The molecule has 0 fully saturated rings. The topological polar surface area (TPSA) is 303 Å². The number of hydrogen-bond acceptors (Lipinski definition) is 15. The molecule has 1 aromatic heterocycles. The normalized spacial score (nSPS) is 17.0. The molecule has 3 heterocycles. The largest absolute Gasteiger partial charge is 0.486 e. The Morgan fingerprint density at radius 1 is 0.708 bits per heavy atom. The number of aromatic nitrogens is 2. The number of H-pyrrole nitrogens is 1. The Morgan fingerprint density at radius 3 is 1.88 bits per heavy atom. The predicted octanol–water partition coefficient (Wildman–Crippen LogP) is 8.75. The maximum absolute atomic E-state index is 13.6. The van der Waals surface area contributed by atoms with E-state index in [1.54, 1.807) is 42.7 Å². The van der Waals surface area contributed by atoms with Gasteiger partial charge < -0.3 is 55.6 Å². The molecule has 0 aliphatic carbocycles. The van der Waals surface area contributed by atoms with Crippen molar-refractivity contribution in [1.82, 2.24) is 25.9 Å². The number of fused-ring (bicyclic) bond motifs is 3. The molecule has 0 saturated heterocycles. The zero-order chi connectivity index (χ0) is 64.4. The number of benzene rings is 4. The first kappa shape index (κ1) is 68.8. The van der Waals surface area contributed by atoms with Gasteiger partial charge in [-0.2, -0.15) is 4.58 Å². The monoisotopic (exact) mass is 1260 g/mol. The number of nitrogen functional groups attached to an aromatic ring is 1. The van der Waals surface area contributed by atoms with Crippen molar-refractivity contribution >= 4 is 89.3 Å². The molecule has 5 aromatic rings. The molecule has 0 spiro atoms. The number of carbonyl (C=O) groups is 5. The molecule has 4 aromatic carbocycles. The van der Waals surface area contributed by atoms with Gasteiger partial charge in [0.15, 0.2) is 18.9 Å². The molecule has 2 aliphatic heterocycles. The molecule has 7 rings (SSSR count). The van der Waals surface area contributed by atoms with E-state index in [1.807, 2.05) is 88.4 Å². The first-order valence-electron chi connectivity index (χ1n) is 30.1. The minimum absolute atomic E-state index is 0.0265. The molecule has 478 valence electrons. The molecule has 2 aliphatic rings. The van der Waals surface area contributed by atoms with Crippen LogP contribution in [0.4, 0.5) is 17.1 Å². The van der Waals surface area contributed by atoms with Crippen LogP contribution in [-0.2, 0) is 75.6 Å². The number of likely N-dealkylation sites (N-methyl/N-ethyl adjacent to an activating group) is 1. The first-order chi connectivity index (χ1) is 42.5. The number of allylic oxidation sites excluding steroid dienone is 6. The summed E-state index contributed by atoms with van der Waals surface area (Å²) in [5.74, 6) is -1.19. The van der Waals surface area contributed by atoms with E-state index in [0.717, 1.165) is 81.8 Å². The highest BCUT2D eigenvalue weighted by Gasteiger charge is 2.46. The summed E-state index contributed by atoms with van der Waals surface area (Å²) < 4.78 is 54.4. The Kier molecular flexibility index (Phi) is 24.5. The van der Waals surface area contributed by atoms with Crippen LogP contribution in [0.5, 0.6) is 5.75 Å². The summed E-state index contributed by atoms with van der Waals surface area (Å²) in [6.07, 6.45) is 18.2. The Balaban J connectivity index is 0.845. The molecule has 0 radical (unpaired) electrons. The molecule has 3 amide bonds. The fraction of sp³-hybridized carbons (Fsp3) is 0.431. The highest BCUT2D eigenvalue weighted by atomic mass is 31.2. The number of esters is 2. The summed E-state index contributed by atoms with van der Waals surface area (Å²) in [4.78, 5) is 92.9. The van der Waals surface area contributed by atoms with Gasteiger partial charge in [-0.1, -0.05) is 68.2 Å². The van der Waals surface area contributed by atoms with Gasteiger partial charge in [0.05, 0.1) is 42.1 Å². The number of ether oxygens (including phenoxy) is 3. The van der Waals surface area contributed by atoms with Crippen LogP contribution in [-0.4, -0.2) is 113 Å². The van der Waals surface area contributed by atoms with Crippen LogP contribution in [0.2, 0.25) is 0 Å². The van der Waals surface area contributed by atoms with Gasteiger partial charge in [0.2, 0.25) is 23.4 Å². The van der Waals surface area contributed by atoms with E-state index in [0.29, 0.717) is 95.7 Å². The highest BCUT2D eigenvalue weighted by molar-refractivity contribution is 7.61. The fourth-order valence-corrected chi connectivity index (χ4v) is 13.2. The van der Waals surface area contributed by atoms with Gasteiger partial charge in [-0.3, -0.25) is 32.6 Å². The van der Waals surface area contributed by atoms with Crippen LogP contribution >= 0.6 is 15.2 Å². The number of nitrogens with one attached hydrogen (secondary N) is 4. The molecular weight excluding hydrogens is 1180 g/mol. The maximum Gasteiger partial charge on any atom is 0.359 e. The average molecular weight is 1260 g/mol. The molecule has 22 nitrogen and oxygen atoms in total. The van der Waals surface area contributed by atoms with Crippen LogP contribution in [0.25, 0.3) is 11.0 Å². The SMILES string of the molecule is CCN1/C(=C/C=C/C=C/C2=[N+](CC)c3ccc(P(=O)(O)OCC(=O)OC)cc3C2(C)C)C(C)(CCCCCC(=O)NCCNC(=O)CCCCCCC(=O)NCc2ccc(COc3cc(N)cc4[nH]cnc34)cc2)c2cc(P(=O)(O)OCC(=O)OC)ccc21. The molecule has 24 heteroatoms.